The van der Waals surface area contributed by atoms with Crippen LogP contribution in [0.5, 0.6) is 0 Å². The van der Waals surface area contributed by atoms with Crippen molar-refractivity contribution in [3.8, 4) is 0 Å². The van der Waals surface area contributed by atoms with Gasteiger partial charge in [-0.05, 0) is 25.0 Å². The highest BCUT2D eigenvalue weighted by Crippen LogP contribution is 2.13. The van der Waals surface area contributed by atoms with E-state index in [2.05, 4.69) is 4.90 Å². The normalized spacial score (nSPS) is 18.4. The molecule has 7 heteroatoms. The lowest BCUT2D eigenvalue weighted by molar-refractivity contribution is 0.171. The number of unbranched alkanes of at least 4 members (excludes halogenated alkanes) is 1. The van der Waals surface area contributed by atoms with Crippen LogP contribution in [0.4, 0.5) is 0 Å². The minimum atomic E-state index is -3.12. The fraction of sp³-hybridized carbons (Fsp3) is 0.692. The molecule has 0 aliphatic carbocycles. The Labute approximate surface area is 125 Å². The molecular formula is C13H21ClN2O3S. The van der Waals surface area contributed by atoms with Crippen molar-refractivity contribution >= 4 is 21.6 Å². The van der Waals surface area contributed by atoms with Crippen molar-refractivity contribution < 1.29 is 12.8 Å². The first-order chi connectivity index (χ1) is 9.62. The molecule has 0 unspecified atom stereocenters. The molecular weight excluding hydrogens is 300 g/mol. The Morgan fingerprint density at radius 3 is 2.55 bits per heavy atom. The van der Waals surface area contributed by atoms with Crippen LogP contribution in [0.15, 0.2) is 22.8 Å². The lowest BCUT2D eigenvalue weighted by Crippen LogP contribution is -2.48. The minimum Gasteiger partial charge on any atom is -0.468 e. The van der Waals surface area contributed by atoms with Crippen LogP contribution >= 0.6 is 11.6 Å². The molecule has 1 saturated heterocycles. The van der Waals surface area contributed by atoms with Crippen molar-refractivity contribution in [3.05, 3.63) is 24.2 Å². The van der Waals surface area contributed by atoms with Gasteiger partial charge >= 0.3 is 0 Å². The molecule has 1 aliphatic heterocycles. The van der Waals surface area contributed by atoms with E-state index in [1.807, 2.05) is 12.1 Å². The summed E-state index contributed by atoms with van der Waals surface area (Å²) in [6, 6.07) is 3.81. The van der Waals surface area contributed by atoms with Gasteiger partial charge < -0.3 is 4.42 Å². The summed E-state index contributed by atoms with van der Waals surface area (Å²) < 4.78 is 31.2. The SMILES string of the molecule is O=S(=O)(CCCCCl)N1CCN(Cc2ccco2)CC1. The molecule has 0 aromatic carbocycles. The van der Waals surface area contributed by atoms with Crippen LogP contribution in [0, 0.1) is 0 Å². The van der Waals surface area contributed by atoms with Crippen LogP contribution in [-0.2, 0) is 16.6 Å². The second kappa shape index (κ2) is 7.45. The standard InChI is InChI=1S/C13H21ClN2O3S/c14-5-1-2-11-20(17,18)16-8-6-15(7-9-16)12-13-4-3-10-19-13/h3-4,10H,1-2,5-9,11-12H2. The smallest absolute Gasteiger partial charge is 0.214 e. The predicted octanol–water partition coefficient (Wildman–Crippen LogP) is 1.75. The molecule has 2 heterocycles. The van der Waals surface area contributed by atoms with E-state index in [4.69, 9.17) is 16.0 Å². The van der Waals surface area contributed by atoms with Crippen LogP contribution in [0.25, 0.3) is 0 Å². The van der Waals surface area contributed by atoms with E-state index in [0.29, 0.717) is 25.4 Å². The Bertz CT molecular complexity index is 482. The van der Waals surface area contributed by atoms with E-state index in [9.17, 15) is 8.42 Å². The maximum absolute atomic E-state index is 12.1. The summed E-state index contributed by atoms with van der Waals surface area (Å²) in [6.07, 6.45) is 3.05. The summed E-state index contributed by atoms with van der Waals surface area (Å²) in [4.78, 5) is 2.21. The van der Waals surface area contributed by atoms with Crippen LogP contribution in [0.1, 0.15) is 18.6 Å². The quantitative estimate of drug-likeness (QED) is 0.567. The highest BCUT2D eigenvalue weighted by atomic mass is 35.5. The molecule has 1 aromatic heterocycles. The Hall–Kier alpha value is -0.560. The summed E-state index contributed by atoms with van der Waals surface area (Å²) in [7, 11) is -3.12. The van der Waals surface area contributed by atoms with Gasteiger partial charge in [0.15, 0.2) is 0 Å². The van der Waals surface area contributed by atoms with Crippen molar-refractivity contribution in [2.24, 2.45) is 0 Å². The summed E-state index contributed by atoms with van der Waals surface area (Å²) in [5, 5.41) is 0. The Balaban J connectivity index is 1.78. The molecule has 5 nitrogen and oxygen atoms in total. The fourth-order valence-electron chi connectivity index (χ4n) is 2.30. The molecule has 1 aromatic rings. The van der Waals surface area contributed by atoms with E-state index >= 15 is 0 Å². The Morgan fingerprint density at radius 1 is 1.20 bits per heavy atom. The van der Waals surface area contributed by atoms with E-state index in [0.717, 1.165) is 31.8 Å². The number of hydrogen-bond donors (Lipinski definition) is 0. The Morgan fingerprint density at radius 2 is 1.95 bits per heavy atom. The summed E-state index contributed by atoms with van der Waals surface area (Å²) >= 11 is 5.58. The second-order valence-electron chi connectivity index (χ2n) is 4.97. The average Bonchev–Trinajstić information content (AvgIpc) is 2.92. The zero-order valence-electron chi connectivity index (χ0n) is 11.5. The highest BCUT2D eigenvalue weighted by molar-refractivity contribution is 7.89. The van der Waals surface area contributed by atoms with Gasteiger partial charge in [0.25, 0.3) is 0 Å². The molecule has 2 rings (SSSR count). The third kappa shape index (κ3) is 4.48. The van der Waals surface area contributed by atoms with Crippen molar-refractivity contribution in [2.45, 2.75) is 19.4 Å². The van der Waals surface area contributed by atoms with E-state index in [-0.39, 0.29) is 5.75 Å². The number of halogens is 1. The molecule has 1 fully saturated rings. The van der Waals surface area contributed by atoms with Gasteiger partial charge in [0.05, 0.1) is 18.6 Å². The number of alkyl halides is 1. The van der Waals surface area contributed by atoms with Crippen molar-refractivity contribution in [2.75, 3.05) is 37.8 Å². The minimum absolute atomic E-state index is 0.206. The molecule has 114 valence electrons. The first kappa shape index (κ1) is 15.8. The van der Waals surface area contributed by atoms with Gasteiger partial charge in [0.2, 0.25) is 10.0 Å². The van der Waals surface area contributed by atoms with Gasteiger partial charge in [0, 0.05) is 32.1 Å². The van der Waals surface area contributed by atoms with E-state index in [1.165, 1.54) is 0 Å². The third-order valence-electron chi connectivity index (χ3n) is 3.47. The van der Waals surface area contributed by atoms with Gasteiger partial charge in [-0.25, -0.2) is 8.42 Å². The molecule has 0 amide bonds. The van der Waals surface area contributed by atoms with Gasteiger partial charge in [-0.1, -0.05) is 0 Å². The number of hydrogen-bond acceptors (Lipinski definition) is 4. The highest BCUT2D eigenvalue weighted by Gasteiger charge is 2.26. The van der Waals surface area contributed by atoms with Gasteiger partial charge in [0.1, 0.15) is 5.76 Å². The van der Waals surface area contributed by atoms with Gasteiger partial charge in [-0.3, -0.25) is 4.90 Å². The summed E-state index contributed by atoms with van der Waals surface area (Å²) in [5.41, 5.74) is 0. The molecule has 20 heavy (non-hydrogen) atoms. The van der Waals surface area contributed by atoms with Crippen molar-refractivity contribution in [1.29, 1.82) is 0 Å². The summed E-state index contributed by atoms with van der Waals surface area (Å²) in [5.74, 6) is 1.65. The monoisotopic (exact) mass is 320 g/mol. The number of rotatable bonds is 7. The fourth-order valence-corrected chi connectivity index (χ4v) is 4.03. The predicted molar refractivity (Wildman–Crippen MR) is 79.3 cm³/mol. The maximum Gasteiger partial charge on any atom is 0.214 e. The number of piperazine rings is 1. The van der Waals surface area contributed by atoms with Crippen LogP contribution in [0.3, 0.4) is 0 Å². The average molecular weight is 321 g/mol. The second-order valence-corrected chi connectivity index (χ2v) is 7.43. The van der Waals surface area contributed by atoms with Gasteiger partial charge in [-0.15, -0.1) is 11.6 Å². The number of sulfonamides is 1. The molecule has 0 spiro atoms. The number of furan rings is 1. The maximum atomic E-state index is 12.1. The zero-order valence-corrected chi connectivity index (χ0v) is 13.1. The van der Waals surface area contributed by atoms with Gasteiger partial charge in [-0.2, -0.15) is 4.31 Å². The lowest BCUT2D eigenvalue weighted by atomic mass is 10.3. The largest absolute Gasteiger partial charge is 0.468 e. The summed E-state index contributed by atoms with van der Waals surface area (Å²) in [6.45, 7) is 3.35. The first-order valence-electron chi connectivity index (χ1n) is 6.90. The van der Waals surface area contributed by atoms with Crippen molar-refractivity contribution in [1.82, 2.24) is 9.21 Å². The van der Waals surface area contributed by atoms with Crippen molar-refractivity contribution in [3.63, 3.8) is 0 Å². The Kier molecular flexibility index (Phi) is 5.89. The topological polar surface area (TPSA) is 53.8 Å². The van der Waals surface area contributed by atoms with Crippen LogP contribution in [-0.4, -0.2) is 55.4 Å². The molecule has 0 radical (unpaired) electrons. The molecule has 0 bridgehead atoms. The van der Waals surface area contributed by atoms with E-state index < -0.39 is 10.0 Å². The molecule has 0 atom stereocenters. The van der Waals surface area contributed by atoms with Crippen LogP contribution < -0.4 is 0 Å². The molecule has 0 N–H and O–H groups in total. The lowest BCUT2D eigenvalue weighted by Gasteiger charge is -2.33. The first-order valence-corrected chi connectivity index (χ1v) is 9.05. The van der Waals surface area contributed by atoms with E-state index in [1.54, 1.807) is 10.6 Å². The zero-order chi connectivity index (χ0) is 14.4. The third-order valence-corrected chi connectivity index (χ3v) is 5.69. The molecule has 1 aliphatic rings. The molecule has 0 saturated carbocycles. The number of nitrogens with zero attached hydrogens (tertiary/aromatic N) is 2. The van der Waals surface area contributed by atoms with Crippen LogP contribution in [0.2, 0.25) is 0 Å².